The lowest BCUT2D eigenvalue weighted by Gasteiger charge is -2.16. The Labute approximate surface area is 166 Å². The number of nitrogen functional groups attached to an aromatic ring is 1. The van der Waals surface area contributed by atoms with Crippen molar-refractivity contribution in [1.29, 1.82) is 5.41 Å². The van der Waals surface area contributed by atoms with E-state index in [1.165, 1.54) is 12.1 Å². The molecule has 2 aromatic rings. The van der Waals surface area contributed by atoms with E-state index in [1.54, 1.807) is 18.2 Å². The van der Waals surface area contributed by atoms with Crippen LogP contribution in [0.2, 0.25) is 0 Å². The van der Waals surface area contributed by atoms with Gasteiger partial charge in [-0.3, -0.25) is 25.0 Å². The molecule has 0 spiro atoms. The van der Waals surface area contributed by atoms with Gasteiger partial charge in [0.25, 0.3) is 0 Å². The average molecular weight is 447 g/mol. The smallest absolute Gasteiger partial charge is 0.311 e. The number of amidine groups is 1. The molecule has 144 valence electrons. The number of benzene rings is 2. The van der Waals surface area contributed by atoms with Gasteiger partial charge in [-0.25, -0.2) is 0 Å². The van der Waals surface area contributed by atoms with Gasteiger partial charge in [0.15, 0.2) is 6.17 Å². The summed E-state index contributed by atoms with van der Waals surface area (Å²) < 4.78 is 0.211. The van der Waals surface area contributed by atoms with Crippen molar-refractivity contribution in [3.8, 4) is 5.75 Å². The first-order chi connectivity index (χ1) is 13.2. The molecule has 1 aliphatic heterocycles. The Morgan fingerprint density at radius 3 is 2.46 bits per heavy atom. The standard InChI is InChI=1S/C18H15BrN4O5/c19-11-4-8(9(18(27)28)6-14(24)25)3-10(15(11)26)17-22-12-2-1-7(16(20)21)5-13(12)23-17/h1-5,9,17,26H,6H2,(H3,20,21)(H,24,25)(H,27,28)/t9-,17?/m1/s1. The number of hydrogen-bond acceptors (Lipinski definition) is 6. The Morgan fingerprint density at radius 1 is 1.18 bits per heavy atom. The van der Waals surface area contributed by atoms with Crippen LogP contribution in [0.4, 0.5) is 0 Å². The molecular weight excluding hydrogens is 432 g/mol. The summed E-state index contributed by atoms with van der Waals surface area (Å²) in [7, 11) is 0. The molecule has 0 saturated carbocycles. The first-order valence-electron chi connectivity index (χ1n) is 8.04. The van der Waals surface area contributed by atoms with Crippen molar-refractivity contribution in [2.75, 3.05) is 0 Å². The summed E-state index contributed by atoms with van der Waals surface area (Å²) in [5.74, 6) is -4.12. The van der Waals surface area contributed by atoms with Gasteiger partial charge in [0, 0.05) is 11.1 Å². The quantitative estimate of drug-likeness (QED) is 0.327. The molecule has 0 radical (unpaired) electrons. The van der Waals surface area contributed by atoms with Crippen molar-refractivity contribution in [1.82, 2.24) is 0 Å². The number of hydrogen-bond donors (Lipinski definition) is 5. The van der Waals surface area contributed by atoms with Crippen molar-refractivity contribution in [2.24, 2.45) is 15.7 Å². The van der Waals surface area contributed by atoms with Crippen molar-refractivity contribution < 1.29 is 24.9 Å². The predicted molar refractivity (Wildman–Crippen MR) is 101 cm³/mol. The Hall–Kier alpha value is -3.27. The van der Waals surface area contributed by atoms with Crippen LogP contribution >= 0.6 is 15.9 Å². The average Bonchev–Trinajstić information content (AvgIpc) is 3.04. The molecule has 9 nitrogen and oxygen atoms in total. The van der Waals surface area contributed by atoms with Crippen LogP contribution < -0.4 is 16.4 Å². The molecule has 10 heteroatoms. The van der Waals surface area contributed by atoms with Gasteiger partial charge < -0.3 is 21.1 Å². The van der Waals surface area contributed by atoms with Crippen LogP contribution in [0, 0.1) is 5.41 Å². The number of phenolic OH excluding ortho intramolecular Hbond substituents is 1. The first kappa shape index (κ1) is 19.5. The summed E-state index contributed by atoms with van der Waals surface area (Å²) in [5, 5.41) is 37.3. The van der Waals surface area contributed by atoms with Crippen LogP contribution in [-0.2, 0) is 9.59 Å². The number of fused-ring (bicyclic) bond motifs is 1. The first-order valence-corrected chi connectivity index (χ1v) is 8.83. The zero-order valence-corrected chi connectivity index (χ0v) is 15.8. The number of carbonyl (C=O) groups is 2. The van der Waals surface area contributed by atoms with Crippen LogP contribution in [0.15, 0.2) is 44.8 Å². The van der Waals surface area contributed by atoms with Crippen molar-refractivity contribution >= 4 is 33.7 Å². The van der Waals surface area contributed by atoms with Crippen molar-refractivity contribution in [3.63, 3.8) is 0 Å². The fourth-order valence-electron chi connectivity index (χ4n) is 2.90. The van der Waals surface area contributed by atoms with Crippen LogP contribution in [0.5, 0.6) is 5.75 Å². The van der Waals surface area contributed by atoms with Crippen molar-refractivity contribution in [3.05, 3.63) is 62.2 Å². The number of carboxylic acid groups (broad SMARTS) is 2. The number of nitrogens with zero attached hydrogens (tertiary/aromatic N) is 2. The van der Waals surface area contributed by atoms with Crippen molar-refractivity contribution in [2.45, 2.75) is 18.5 Å². The Kier molecular flexibility index (Phi) is 5.14. The van der Waals surface area contributed by atoms with Crippen LogP contribution in [0.1, 0.15) is 35.2 Å². The van der Waals surface area contributed by atoms with Gasteiger partial charge >= 0.3 is 11.9 Å². The van der Waals surface area contributed by atoms with E-state index in [9.17, 15) is 19.8 Å². The minimum Gasteiger partial charge on any atom is -0.506 e. The third-order valence-electron chi connectivity index (χ3n) is 4.28. The van der Waals surface area contributed by atoms with Gasteiger partial charge in [-0.1, -0.05) is 0 Å². The number of halogens is 1. The van der Waals surface area contributed by atoms with E-state index in [-0.39, 0.29) is 27.2 Å². The van der Waals surface area contributed by atoms with Gasteiger partial charge in [-0.15, -0.1) is 0 Å². The molecule has 28 heavy (non-hydrogen) atoms. The highest BCUT2D eigenvalue weighted by Crippen LogP contribution is 2.38. The second-order valence-electron chi connectivity index (χ2n) is 6.18. The number of aromatic hydroxyl groups is 1. The molecule has 0 fully saturated rings. The maximum Gasteiger partial charge on any atom is 0.311 e. The highest BCUT2D eigenvalue weighted by Gasteiger charge is 2.27. The number of phenols is 1. The van der Waals surface area contributed by atoms with E-state index < -0.39 is 30.4 Å². The fraction of sp³-hybridized carbons (Fsp3) is 0.167. The summed E-state index contributed by atoms with van der Waals surface area (Å²) in [4.78, 5) is 31.4. The molecule has 1 aliphatic rings. The summed E-state index contributed by atoms with van der Waals surface area (Å²) in [6, 6.07) is 7.65. The number of aliphatic carboxylic acids is 2. The largest absolute Gasteiger partial charge is 0.506 e. The van der Waals surface area contributed by atoms with Gasteiger partial charge in [-0.2, -0.15) is 0 Å². The summed E-state index contributed by atoms with van der Waals surface area (Å²) >= 11 is 3.18. The Morgan fingerprint density at radius 2 is 1.86 bits per heavy atom. The SMILES string of the molecule is N=C(N)c1ccc2c(c1)=NC(c1cc([C@@H](CC(=O)O)C(=O)O)cc(Br)c1O)N=2. The number of nitrogens with one attached hydrogen (secondary N) is 1. The minimum absolute atomic E-state index is 0.119. The second-order valence-corrected chi connectivity index (χ2v) is 7.03. The molecule has 6 N–H and O–H groups in total. The Balaban J connectivity index is 2.09. The number of rotatable bonds is 6. The zero-order valence-electron chi connectivity index (χ0n) is 14.3. The molecule has 1 heterocycles. The van der Waals surface area contributed by atoms with E-state index in [2.05, 4.69) is 25.9 Å². The monoisotopic (exact) mass is 446 g/mol. The van der Waals surface area contributed by atoms with Gasteiger partial charge in [0.1, 0.15) is 11.6 Å². The lowest BCUT2D eigenvalue weighted by atomic mass is 9.93. The molecule has 0 saturated heterocycles. The van der Waals surface area contributed by atoms with Crippen LogP contribution in [-0.4, -0.2) is 33.1 Å². The molecule has 0 bridgehead atoms. The predicted octanol–water partition coefficient (Wildman–Crippen LogP) is 1.03. The molecule has 2 aromatic carbocycles. The molecule has 2 atom stereocenters. The molecular formula is C18H15BrN4O5. The van der Waals surface area contributed by atoms with Gasteiger partial charge in [0.05, 0.1) is 27.5 Å². The maximum atomic E-state index is 11.5. The lowest BCUT2D eigenvalue weighted by Crippen LogP contribution is -2.24. The third kappa shape index (κ3) is 3.72. The normalized spacial score (nSPS) is 15.8. The molecule has 1 unspecified atom stereocenters. The highest BCUT2D eigenvalue weighted by atomic mass is 79.9. The number of nitrogens with two attached hydrogens (primary N) is 1. The fourth-order valence-corrected chi connectivity index (χ4v) is 3.39. The summed E-state index contributed by atoms with van der Waals surface area (Å²) in [5.41, 5.74) is 6.40. The minimum atomic E-state index is -1.29. The topological polar surface area (TPSA) is 169 Å². The second kappa shape index (κ2) is 7.39. The molecule has 0 aromatic heterocycles. The van der Waals surface area contributed by atoms with E-state index in [0.717, 1.165) is 0 Å². The van der Waals surface area contributed by atoms with Crippen LogP contribution in [0.3, 0.4) is 0 Å². The zero-order chi connectivity index (χ0) is 20.6. The van der Waals surface area contributed by atoms with Gasteiger partial charge in [-0.05, 0) is 51.8 Å². The summed E-state index contributed by atoms with van der Waals surface area (Å²) in [6.07, 6.45) is -1.44. The van der Waals surface area contributed by atoms with E-state index in [0.29, 0.717) is 16.3 Å². The molecule has 0 aliphatic carbocycles. The van der Waals surface area contributed by atoms with E-state index in [1.807, 2.05) is 0 Å². The molecule has 0 amide bonds. The summed E-state index contributed by atoms with van der Waals surface area (Å²) in [6.45, 7) is 0. The number of carboxylic acids is 2. The van der Waals surface area contributed by atoms with Gasteiger partial charge in [0.2, 0.25) is 0 Å². The molecule has 3 rings (SSSR count). The maximum absolute atomic E-state index is 11.5. The van der Waals surface area contributed by atoms with E-state index >= 15 is 0 Å². The lowest BCUT2D eigenvalue weighted by molar-refractivity contribution is -0.145. The third-order valence-corrected chi connectivity index (χ3v) is 4.89. The van der Waals surface area contributed by atoms with Crippen LogP contribution in [0.25, 0.3) is 0 Å². The highest BCUT2D eigenvalue weighted by molar-refractivity contribution is 9.10. The van der Waals surface area contributed by atoms with E-state index in [4.69, 9.17) is 16.2 Å². The Bertz CT molecular complexity index is 1130.